The van der Waals surface area contributed by atoms with Crippen LogP contribution in [0.25, 0.3) is 0 Å². The molecular weight excluding hydrogens is 295 g/mol. The first-order chi connectivity index (χ1) is 11.0. The van der Waals surface area contributed by atoms with Gasteiger partial charge in [0.1, 0.15) is 17.3 Å². The fraction of sp³-hybridized carbons (Fsp3) is 0.438. The molecular formula is C16H23FN6. The van der Waals surface area contributed by atoms with Gasteiger partial charge in [-0.1, -0.05) is 18.2 Å². The molecule has 2 atom stereocenters. The number of hydrogen-bond donors (Lipinski definition) is 4. The summed E-state index contributed by atoms with van der Waals surface area (Å²) in [6.45, 7) is 1.78. The minimum atomic E-state index is -1.05. The zero-order valence-electron chi connectivity index (χ0n) is 13.2. The first-order valence-corrected chi connectivity index (χ1v) is 7.79. The third kappa shape index (κ3) is 3.46. The van der Waals surface area contributed by atoms with Crippen molar-refractivity contribution in [2.45, 2.75) is 24.5 Å². The molecule has 1 fully saturated rings. The zero-order chi connectivity index (χ0) is 16.4. The van der Waals surface area contributed by atoms with Crippen LogP contribution in [0.4, 0.5) is 4.39 Å². The van der Waals surface area contributed by atoms with E-state index in [1.165, 1.54) is 6.07 Å². The van der Waals surface area contributed by atoms with Gasteiger partial charge in [-0.2, -0.15) is 0 Å². The Morgan fingerprint density at radius 1 is 1.48 bits per heavy atom. The lowest BCUT2D eigenvalue weighted by Crippen LogP contribution is -2.51. The summed E-state index contributed by atoms with van der Waals surface area (Å²) < 4.78 is 13.9. The Hall–Kier alpha value is -2.12. The summed E-state index contributed by atoms with van der Waals surface area (Å²) in [5, 5.41) is 6.34. The summed E-state index contributed by atoms with van der Waals surface area (Å²) >= 11 is 0. The maximum absolute atomic E-state index is 13.9. The van der Waals surface area contributed by atoms with Gasteiger partial charge in [0.05, 0.1) is 0 Å². The number of aliphatic imine (C=N–C) groups is 1. The molecule has 124 valence electrons. The fourth-order valence-corrected chi connectivity index (χ4v) is 3.11. The topological polar surface area (TPSA) is 91.7 Å². The minimum Gasteiger partial charge on any atom is -0.370 e. The van der Waals surface area contributed by atoms with Gasteiger partial charge in [0.2, 0.25) is 0 Å². The number of benzene rings is 1. The van der Waals surface area contributed by atoms with E-state index >= 15 is 0 Å². The Morgan fingerprint density at radius 2 is 2.26 bits per heavy atom. The standard InChI is InChI=1S/C16H23FN6/c1-20-12-6-7-23(10-12)14-9-16(19,22-15(18)21-14)8-11-4-2-3-5-13(11)17/h2-5,9,12,20H,6-8,10,19H2,1H3,(H3,18,21,22)/t12-,16?/m1/s1. The highest BCUT2D eigenvalue weighted by atomic mass is 19.1. The van der Waals surface area contributed by atoms with E-state index in [1.807, 2.05) is 13.1 Å². The second-order valence-electron chi connectivity index (χ2n) is 6.13. The van der Waals surface area contributed by atoms with E-state index < -0.39 is 5.66 Å². The Kier molecular flexibility index (Phi) is 4.23. The predicted octanol–water partition coefficient (Wildman–Crippen LogP) is 0.0762. The maximum atomic E-state index is 13.9. The number of nitrogens with zero attached hydrogens (tertiary/aromatic N) is 2. The van der Waals surface area contributed by atoms with Crippen LogP contribution in [0, 0.1) is 5.82 Å². The maximum Gasteiger partial charge on any atom is 0.196 e. The first kappa shape index (κ1) is 15.8. The van der Waals surface area contributed by atoms with Gasteiger partial charge in [0.15, 0.2) is 5.96 Å². The van der Waals surface area contributed by atoms with E-state index in [9.17, 15) is 4.39 Å². The molecule has 0 aromatic heterocycles. The number of hydrogen-bond acceptors (Lipinski definition) is 6. The van der Waals surface area contributed by atoms with Gasteiger partial charge < -0.3 is 27.0 Å². The normalized spacial score (nSPS) is 27.4. The largest absolute Gasteiger partial charge is 0.370 e. The molecule has 2 aliphatic rings. The van der Waals surface area contributed by atoms with Gasteiger partial charge in [-0.05, 0) is 31.2 Å². The third-order valence-electron chi connectivity index (χ3n) is 4.34. The molecule has 0 bridgehead atoms. The number of guanidine groups is 1. The quantitative estimate of drug-likeness (QED) is 0.631. The number of rotatable bonds is 4. The van der Waals surface area contributed by atoms with E-state index in [0.29, 0.717) is 11.6 Å². The van der Waals surface area contributed by atoms with Crippen LogP contribution in [-0.4, -0.2) is 42.7 Å². The van der Waals surface area contributed by atoms with E-state index in [-0.39, 0.29) is 18.2 Å². The van der Waals surface area contributed by atoms with Crippen LogP contribution in [-0.2, 0) is 6.42 Å². The van der Waals surface area contributed by atoms with Crippen LogP contribution < -0.4 is 22.1 Å². The Morgan fingerprint density at radius 3 is 2.96 bits per heavy atom. The molecule has 0 amide bonds. The van der Waals surface area contributed by atoms with E-state index in [4.69, 9.17) is 11.5 Å². The Balaban J connectivity index is 1.82. The molecule has 1 aromatic rings. The lowest BCUT2D eigenvalue weighted by molar-refractivity contribution is 0.376. The van der Waals surface area contributed by atoms with E-state index in [0.717, 1.165) is 25.3 Å². The highest BCUT2D eigenvalue weighted by Gasteiger charge is 2.32. The van der Waals surface area contributed by atoms with Crippen LogP contribution >= 0.6 is 0 Å². The highest BCUT2D eigenvalue weighted by molar-refractivity contribution is 5.81. The van der Waals surface area contributed by atoms with Crippen molar-refractivity contribution in [2.24, 2.45) is 16.5 Å². The number of likely N-dealkylation sites (N-methyl/N-ethyl adjacent to an activating group) is 1. The van der Waals surface area contributed by atoms with Gasteiger partial charge >= 0.3 is 0 Å². The molecule has 7 heteroatoms. The summed E-state index contributed by atoms with van der Waals surface area (Å²) in [5.74, 6) is 0.819. The molecule has 1 aromatic carbocycles. The minimum absolute atomic E-state index is 0.259. The fourth-order valence-electron chi connectivity index (χ4n) is 3.11. The second-order valence-corrected chi connectivity index (χ2v) is 6.13. The van der Waals surface area contributed by atoms with E-state index in [2.05, 4.69) is 20.5 Å². The number of nitrogens with two attached hydrogens (primary N) is 2. The van der Waals surface area contributed by atoms with Crippen molar-refractivity contribution in [1.82, 2.24) is 15.5 Å². The van der Waals surface area contributed by atoms with Crippen LogP contribution in [0.3, 0.4) is 0 Å². The van der Waals surface area contributed by atoms with Gasteiger partial charge in [0.25, 0.3) is 0 Å². The molecule has 0 aliphatic carbocycles. The molecule has 6 nitrogen and oxygen atoms in total. The molecule has 2 heterocycles. The summed E-state index contributed by atoms with van der Waals surface area (Å²) in [6, 6.07) is 7.04. The average molecular weight is 318 g/mol. The first-order valence-electron chi connectivity index (χ1n) is 7.79. The van der Waals surface area contributed by atoms with Gasteiger partial charge in [-0.15, -0.1) is 0 Å². The van der Waals surface area contributed by atoms with Gasteiger partial charge in [-0.3, -0.25) is 0 Å². The molecule has 23 heavy (non-hydrogen) atoms. The lowest BCUT2D eigenvalue weighted by atomic mass is 9.99. The number of halogens is 1. The van der Waals surface area contributed by atoms with Crippen LogP contribution in [0.2, 0.25) is 0 Å². The molecule has 6 N–H and O–H groups in total. The van der Waals surface area contributed by atoms with Crippen molar-refractivity contribution in [1.29, 1.82) is 0 Å². The molecule has 1 saturated heterocycles. The van der Waals surface area contributed by atoms with E-state index in [1.54, 1.807) is 18.2 Å². The number of likely N-dealkylation sites (tertiary alicyclic amines) is 1. The SMILES string of the molecule is CN[C@@H]1CCN(C2=CC(N)(Cc3ccccc3F)N=C(N)N2)C1. The van der Waals surface area contributed by atoms with Crippen molar-refractivity contribution in [3.05, 3.63) is 47.5 Å². The van der Waals surface area contributed by atoms with Crippen LogP contribution in [0.1, 0.15) is 12.0 Å². The summed E-state index contributed by atoms with van der Waals surface area (Å²) in [7, 11) is 1.96. The molecule has 1 unspecified atom stereocenters. The van der Waals surface area contributed by atoms with Crippen molar-refractivity contribution < 1.29 is 4.39 Å². The molecule has 0 spiro atoms. The van der Waals surface area contributed by atoms with Crippen molar-refractivity contribution in [3.8, 4) is 0 Å². The second kappa shape index (κ2) is 6.17. The Labute approximate surface area is 135 Å². The average Bonchev–Trinajstić information content (AvgIpc) is 2.97. The summed E-state index contributed by atoms with van der Waals surface area (Å²) in [4.78, 5) is 6.47. The van der Waals surface area contributed by atoms with Crippen molar-refractivity contribution in [2.75, 3.05) is 20.1 Å². The summed E-state index contributed by atoms with van der Waals surface area (Å²) in [6.07, 6.45) is 3.15. The van der Waals surface area contributed by atoms with Crippen LogP contribution in [0.15, 0.2) is 41.2 Å². The molecule has 0 radical (unpaired) electrons. The van der Waals surface area contributed by atoms with Crippen LogP contribution in [0.5, 0.6) is 0 Å². The van der Waals surface area contributed by atoms with Crippen molar-refractivity contribution in [3.63, 3.8) is 0 Å². The lowest BCUT2D eigenvalue weighted by Gasteiger charge is -2.32. The van der Waals surface area contributed by atoms with Crippen molar-refractivity contribution >= 4 is 5.96 Å². The molecule has 3 rings (SSSR count). The monoisotopic (exact) mass is 318 g/mol. The van der Waals surface area contributed by atoms with Gasteiger partial charge in [0, 0.05) is 25.6 Å². The summed E-state index contributed by atoms with van der Waals surface area (Å²) in [5.41, 5.74) is 11.8. The highest BCUT2D eigenvalue weighted by Crippen LogP contribution is 2.23. The smallest absolute Gasteiger partial charge is 0.196 e. The number of nitrogens with one attached hydrogen (secondary N) is 2. The molecule has 0 saturated carbocycles. The predicted molar refractivity (Wildman–Crippen MR) is 88.9 cm³/mol. The molecule has 2 aliphatic heterocycles. The zero-order valence-corrected chi connectivity index (χ0v) is 13.2. The Bertz CT molecular complexity index is 643. The van der Waals surface area contributed by atoms with Gasteiger partial charge in [-0.25, -0.2) is 9.38 Å². The third-order valence-corrected chi connectivity index (χ3v) is 4.34.